The number of benzene rings is 1. The Labute approximate surface area is 139 Å². The Morgan fingerprint density at radius 2 is 2.00 bits per heavy atom. The van der Waals surface area contributed by atoms with Crippen molar-refractivity contribution >= 4 is 23.4 Å². The Balaban J connectivity index is 2.31. The molecule has 1 atom stereocenters. The fourth-order valence-electron chi connectivity index (χ4n) is 2.30. The normalized spacial score (nSPS) is 12.2. The number of carbonyl (C=O) groups is 1. The first-order valence-corrected chi connectivity index (χ1v) is 8.76. The van der Waals surface area contributed by atoms with Gasteiger partial charge in [0.25, 0.3) is 5.56 Å². The van der Waals surface area contributed by atoms with E-state index in [-0.39, 0.29) is 17.2 Å². The van der Waals surface area contributed by atoms with Crippen LogP contribution in [0, 0.1) is 6.92 Å². The van der Waals surface area contributed by atoms with Gasteiger partial charge in [-0.1, -0.05) is 18.2 Å². The maximum Gasteiger partial charge on any atom is 0.295 e. The van der Waals surface area contributed by atoms with Crippen molar-refractivity contribution in [1.29, 1.82) is 0 Å². The predicted molar refractivity (Wildman–Crippen MR) is 95.4 cm³/mol. The number of carbonyl (C=O) groups excluding carboxylic acids is 1. The van der Waals surface area contributed by atoms with Gasteiger partial charge in [-0.05, 0) is 37.5 Å². The summed E-state index contributed by atoms with van der Waals surface area (Å²) in [5, 5.41) is 2.69. The van der Waals surface area contributed by atoms with Crippen molar-refractivity contribution < 1.29 is 4.79 Å². The molecule has 1 amide bonds. The minimum atomic E-state index is -0.619. The molecule has 0 aliphatic rings. The van der Waals surface area contributed by atoms with Gasteiger partial charge < -0.3 is 11.1 Å². The van der Waals surface area contributed by atoms with Crippen LogP contribution in [0.1, 0.15) is 12.1 Å². The highest BCUT2D eigenvalue weighted by Crippen LogP contribution is 2.14. The zero-order valence-electron chi connectivity index (χ0n) is 13.6. The van der Waals surface area contributed by atoms with Crippen molar-refractivity contribution in [3.05, 3.63) is 46.4 Å². The number of nitrogens with two attached hydrogens (primary N) is 1. The number of amides is 1. The van der Waals surface area contributed by atoms with Crippen molar-refractivity contribution in [2.75, 3.05) is 17.3 Å². The fraction of sp³-hybridized carbons (Fsp3) is 0.375. The average Bonchev–Trinajstić information content (AvgIpc) is 2.77. The van der Waals surface area contributed by atoms with Crippen molar-refractivity contribution in [2.24, 2.45) is 12.8 Å². The van der Waals surface area contributed by atoms with Crippen molar-refractivity contribution in [3.8, 4) is 5.69 Å². The SMILES string of the molecule is CSCCC(N)C(=O)Nc1c(C)n(C)n(-c2ccccc2)c1=O. The summed E-state index contributed by atoms with van der Waals surface area (Å²) in [5.41, 5.74) is 7.31. The molecule has 0 radical (unpaired) electrons. The smallest absolute Gasteiger partial charge is 0.295 e. The molecule has 2 aromatic rings. The van der Waals surface area contributed by atoms with Gasteiger partial charge >= 0.3 is 0 Å². The van der Waals surface area contributed by atoms with E-state index in [1.54, 1.807) is 30.4 Å². The third kappa shape index (κ3) is 3.68. The summed E-state index contributed by atoms with van der Waals surface area (Å²) in [6, 6.07) is 8.68. The molecular weight excluding hydrogens is 312 g/mol. The second-order valence-corrected chi connectivity index (χ2v) is 6.30. The number of rotatable bonds is 6. The first-order chi connectivity index (χ1) is 11.0. The van der Waals surface area contributed by atoms with E-state index in [0.717, 1.165) is 11.4 Å². The molecular formula is C16H22N4O2S. The Morgan fingerprint density at radius 1 is 1.35 bits per heavy atom. The molecule has 124 valence electrons. The van der Waals surface area contributed by atoms with Crippen LogP contribution in [0.3, 0.4) is 0 Å². The van der Waals surface area contributed by atoms with Gasteiger partial charge in [0.05, 0.1) is 17.4 Å². The van der Waals surface area contributed by atoms with Crippen LogP contribution in [0.4, 0.5) is 5.69 Å². The van der Waals surface area contributed by atoms with E-state index in [9.17, 15) is 9.59 Å². The highest BCUT2D eigenvalue weighted by Gasteiger charge is 2.20. The lowest BCUT2D eigenvalue weighted by atomic mass is 10.2. The topological polar surface area (TPSA) is 82.1 Å². The molecule has 3 N–H and O–H groups in total. The zero-order chi connectivity index (χ0) is 17.0. The number of anilines is 1. The number of aromatic nitrogens is 2. The summed E-state index contributed by atoms with van der Waals surface area (Å²) in [7, 11) is 1.78. The van der Waals surface area contributed by atoms with Gasteiger partial charge in [0.1, 0.15) is 5.69 Å². The molecule has 0 aliphatic heterocycles. The predicted octanol–water partition coefficient (Wildman–Crippen LogP) is 1.50. The Hall–Kier alpha value is -1.99. The van der Waals surface area contributed by atoms with E-state index < -0.39 is 6.04 Å². The molecule has 2 rings (SSSR count). The quantitative estimate of drug-likeness (QED) is 0.839. The van der Waals surface area contributed by atoms with Gasteiger partial charge in [-0.3, -0.25) is 14.3 Å². The minimum absolute atomic E-state index is 0.262. The molecule has 1 unspecified atom stereocenters. The molecule has 7 heteroatoms. The summed E-state index contributed by atoms with van der Waals surface area (Å²) >= 11 is 1.63. The molecule has 0 spiro atoms. The number of thioether (sulfide) groups is 1. The standard InChI is InChI=1S/C16H22N4O2S/c1-11-14(18-15(21)13(17)9-10-23-3)16(22)20(19(11)2)12-7-5-4-6-8-12/h4-8,13H,9-10,17H2,1-3H3,(H,18,21). The second kappa shape index (κ2) is 7.52. The van der Waals surface area contributed by atoms with Crippen LogP contribution in [-0.2, 0) is 11.8 Å². The van der Waals surface area contributed by atoms with Crippen molar-refractivity contribution in [2.45, 2.75) is 19.4 Å². The summed E-state index contributed by atoms with van der Waals surface area (Å²) < 4.78 is 3.25. The van der Waals surface area contributed by atoms with Crippen LogP contribution in [0.2, 0.25) is 0 Å². The third-order valence-corrected chi connectivity index (χ3v) is 4.42. The summed E-state index contributed by atoms with van der Waals surface area (Å²) in [6.45, 7) is 1.80. The van der Waals surface area contributed by atoms with Gasteiger partial charge in [-0.2, -0.15) is 11.8 Å². The van der Waals surface area contributed by atoms with E-state index >= 15 is 0 Å². The Morgan fingerprint density at radius 3 is 2.61 bits per heavy atom. The van der Waals surface area contributed by atoms with Crippen LogP contribution < -0.4 is 16.6 Å². The van der Waals surface area contributed by atoms with E-state index in [0.29, 0.717) is 12.1 Å². The van der Waals surface area contributed by atoms with Gasteiger partial charge in [0.15, 0.2) is 0 Å². The minimum Gasteiger partial charge on any atom is -0.320 e. The number of hydrogen-bond donors (Lipinski definition) is 2. The molecule has 1 aromatic heterocycles. The Bertz CT molecular complexity index is 737. The van der Waals surface area contributed by atoms with E-state index in [1.807, 2.05) is 36.6 Å². The van der Waals surface area contributed by atoms with Crippen LogP contribution >= 0.6 is 11.8 Å². The number of para-hydroxylation sites is 1. The highest BCUT2D eigenvalue weighted by molar-refractivity contribution is 7.98. The molecule has 23 heavy (non-hydrogen) atoms. The lowest BCUT2D eigenvalue weighted by Gasteiger charge is -2.10. The maximum atomic E-state index is 12.7. The molecule has 0 fully saturated rings. The maximum absolute atomic E-state index is 12.7. The van der Waals surface area contributed by atoms with Gasteiger partial charge in [0.2, 0.25) is 5.91 Å². The van der Waals surface area contributed by atoms with Crippen molar-refractivity contribution in [3.63, 3.8) is 0 Å². The summed E-state index contributed by atoms with van der Waals surface area (Å²) in [6.07, 6.45) is 2.54. The first-order valence-electron chi connectivity index (χ1n) is 7.36. The fourth-order valence-corrected chi connectivity index (χ4v) is 2.79. The van der Waals surface area contributed by atoms with E-state index in [4.69, 9.17) is 5.73 Å². The van der Waals surface area contributed by atoms with Crippen LogP contribution in [0.15, 0.2) is 35.1 Å². The molecule has 1 aromatic carbocycles. The average molecular weight is 334 g/mol. The summed E-state index contributed by atoms with van der Waals surface area (Å²) in [5.74, 6) is 0.474. The van der Waals surface area contributed by atoms with Crippen LogP contribution in [0.25, 0.3) is 5.69 Å². The molecule has 0 saturated heterocycles. The van der Waals surface area contributed by atoms with Crippen LogP contribution in [0.5, 0.6) is 0 Å². The largest absolute Gasteiger partial charge is 0.320 e. The zero-order valence-corrected chi connectivity index (χ0v) is 14.4. The molecule has 6 nitrogen and oxygen atoms in total. The molecule has 0 saturated carbocycles. The van der Waals surface area contributed by atoms with E-state index in [2.05, 4.69) is 5.32 Å². The first kappa shape index (κ1) is 17.4. The summed E-state index contributed by atoms with van der Waals surface area (Å²) in [4.78, 5) is 24.8. The van der Waals surface area contributed by atoms with Gasteiger partial charge in [-0.25, -0.2) is 4.68 Å². The number of nitrogens with zero attached hydrogens (tertiary/aromatic N) is 2. The Kier molecular flexibility index (Phi) is 5.68. The molecule has 1 heterocycles. The monoisotopic (exact) mass is 334 g/mol. The number of nitrogens with one attached hydrogen (secondary N) is 1. The van der Waals surface area contributed by atoms with Crippen molar-refractivity contribution in [1.82, 2.24) is 9.36 Å². The number of hydrogen-bond acceptors (Lipinski definition) is 4. The molecule has 0 aliphatic carbocycles. The highest BCUT2D eigenvalue weighted by atomic mass is 32.2. The van der Waals surface area contributed by atoms with Crippen LogP contribution in [-0.4, -0.2) is 33.3 Å². The van der Waals surface area contributed by atoms with Gasteiger partial charge in [0, 0.05) is 7.05 Å². The lowest BCUT2D eigenvalue weighted by Crippen LogP contribution is -2.37. The lowest BCUT2D eigenvalue weighted by molar-refractivity contribution is -0.117. The molecule has 0 bridgehead atoms. The van der Waals surface area contributed by atoms with Gasteiger partial charge in [-0.15, -0.1) is 0 Å². The second-order valence-electron chi connectivity index (χ2n) is 5.31. The third-order valence-electron chi connectivity index (χ3n) is 3.77. The van der Waals surface area contributed by atoms with E-state index in [1.165, 1.54) is 4.68 Å².